The lowest BCUT2D eigenvalue weighted by molar-refractivity contribution is -0.120. The van der Waals surface area contributed by atoms with Crippen molar-refractivity contribution in [2.24, 2.45) is 29.1 Å². The normalized spacial score (nSPS) is 38.3. The predicted molar refractivity (Wildman–Crippen MR) is 95.2 cm³/mol. The van der Waals surface area contributed by atoms with Gasteiger partial charge in [0.2, 0.25) is 0 Å². The van der Waals surface area contributed by atoms with Gasteiger partial charge < -0.3 is 4.79 Å². The largest absolute Gasteiger partial charge is 0.303 e. The van der Waals surface area contributed by atoms with Gasteiger partial charge in [-0.05, 0) is 54.9 Å². The van der Waals surface area contributed by atoms with Crippen LogP contribution >= 0.6 is 0 Å². The van der Waals surface area contributed by atoms with E-state index in [9.17, 15) is 9.59 Å². The molecule has 0 radical (unpaired) electrons. The number of carbonyl (C=O) groups is 2. The molecule has 1 fully saturated rings. The summed E-state index contributed by atoms with van der Waals surface area (Å²) < 4.78 is 0. The van der Waals surface area contributed by atoms with E-state index in [1.165, 1.54) is 24.8 Å². The van der Waals surface area contributed by atoms with Gasteiger partial charge in [-0.2, -0.15) is 0 Å². The first-order valence-electron chi connectivity index (χ1n) is 9.62. The zero-order chi connectivity index (χ0) is 17.0. The topological polar surface area (TPSA) is 34.1 Å². The zero-order valence-corrected chi connectivity index (χ0v) is 15.4. The Balaban J connectivity index is 2.25. The first-order valence-corrected chi connectivity index (χ1v) is 9.62. The van der Waals surface area contributed by atoms with Gasteiger partial charge in [0.25, 0.3) is 0 Å². The van der Waals surface area contributed by atoms with Crippen molar-refractivity contribution in [3.05, 3.63) is 11.6 Å². The Hall–Kier alpha value is -0.920. The van der Waals surface area contributed by atoms with Crippen LogP contribution in [0.5, 0.6) is 0 Å². The number of carbonyl (C=O) groups excluding carboxylic acids is 2. The van der Waals surface area contributed by atoms with Gasteiger partial charge in [-0.25, -0.2) is 0 Å². The quantitative estimate of drug-likeness (QED) is 0.488. The lowest BCUT2D eigenvalue weighted by Crippen LogP contribution is -2.39. The van der Waals surface area contributed by atoms with Gasteiger partial charge in [0.1, 0.15) is 6.29 Å². The summed E-state index contributed by atoms with van der Waals surface area (Å²) in [5.41, 5.74) is 1.60. The summed E-state index contributed by atoms with van der Waals surface area (Å²) in [7, 11) is 0. The molecule has 23 heavy (non-hydrogen) atoms. The van der Waals surface area contributed by atoms with E-state index in [0.29, 0.717) is 30.0 Å². The Bertz CT molecular complexity index is 454. The number of rotatable bonds is 6. The molecule has 2 aliphatic rings. The first-order chi connectivity index (χ1) is 10.9. The average molecular weight is 319 g/mol. The van der Waals surface area contributed by atoms with Gasteiger partial charge in [0, 0.05) is 12.3 Å². The highest BCUT2D eigenvalue weighted by atomic mass is 16.1. The van der Waals surface area contributed by atoms with Crippen LogP contribution in [0.25, 0.3) is 0 Å². The molecule has 4 atom stereocenters. The van der Waals surface area contributed by atoms with Crippen molar-refractivity contribution in [1.29, 1.82) is 0 Å². The van der Waals surface area contributed by atoms with Gasteiger partial charge >= 0.3 is 0 Å². The Kier molecular flexibility index (Phi) is 6.22. The number of ketones is 1. The molecule has 0 bridgehead atoms. The Morgan fingerprint density at radius 1 is 1.26 bits per heavy atom. The summed E-state index contributed by atoms with van der Waals surface area (Å²) in [4.78, 5) is 23.2. The molecule has 130 valence electrons. The number of hydrogen-bond acceptors (Lipinski definition) is 2. The molecule has 0 heterocycles. The van der Waals surface area contributed by atoms with Crippen LogP contribution in [0.3, 0.4) is 0 Å². The highest BCUT2D eigenvalue weighted by Gasteiger charge is 2.43. The molecule has 0 N–H and O–H groups in total. The third-order valence-corrected chi connectivity index (χ3v) is 6.65. The van der Waals surface area contributed by atoms with E-state index in [1.54, 1.807) is 0 Å². The molecular weight excluding hydrogens is 284 g/mol. The maximum absolute atomic E-state index is 12.7. The molecule has 2 aliphatic carbocycles. The molecule has 0 saturated heterocycles. The molecule has 2 rings (SSSR count). The average Bonchev–Trinajstić information content (AvgIpc) is 2.51. The molecule has 0 aromatic rings. The summed E-state index contributed by atoms with van der Waals surface area (Å²) in [6.45, 7) is 9.38. The van der Waals surface area contributed by atoms with Crippen molar-refractivity contribution in [3.63, 3.8) is 0 Å². The van der Waals surface area contributed by atoms with E-state index in [1.807, 2.05) is 6.08 Å². The van der Waals surface area contributed by atoms with Crippen LogP contribution in [0.15, 0.2) is 11.6 Å². The highest BCUT2D eigenvalue weighted by Crippen LogP contribution is 2.51. The Morgan fingerprint density at radius 3 is 2.48 bits per heavy atom. The Morgan fingerprint density at radius 2 is 1.91 bits per heavy atom. The second-order valence-corrected chi connectivity index (χ2v) is 8.33. The summed E-state index contributed by atoms with van der Waals surface area (Å²) in [5, 5.41) is 0. The fourth-order valence-electron chi connectivity index (χ4n) is 5.04. The number of unbranched alkanes of at least 4 members (excludes halogenated alkanes) is 1. The third kappa shape index (κ3) is 3.95. The Labute approximate surface area is 142 Å². The van der Waals surface area contributed by atoms with Crippen LogP contribution in [0.2, 0.25) is 0 Å². The van der Waals surface area contributed by atoms with Crippen molar-refractivity contribution in [1.82, 2.24) is 0 Å². The van der Waals surface area contributed by atoms with Crippen molar-refractivity contribution in [2.45, 2.75) is 79.1 Å². The zero-order valence-electron chi connectivity index (χ0n) is 15.4. The molecule has 2 nitrogen and oxygen atoms in total. The fraction of sp³-hybridized carbons (Fsp3) is 0.810. The lowest BCUT2D eigenvalue weighted by Gasteiger charge is -2.47. The second-order valence-electron chi connectivity index (χ2n) is 8.33. The van der Waals surface area contributed by atoms with Crippen LogP contribution in [0.4, 0.5) is 0 Å². The van der Waals surface area contributed by atoms with Gasteiger partial charge in [-0.3, -0.25) is 4.79 Å². The van der Waals surface area contributed by atoms with Gasteiger partial charge in [0.05, 0.1) is 0 Å². The minimum absolute atomic E-state index is 0.123. The minimum Gasteiger partial charge on any atom is -0.303 e. The number of hydrogen-bond donors (Lipinski definition) is 0. The standard InChI is InChI=1S/C21H34O2/c1-5-21(4)14-17(11-6-7-12-22)19(23)13-18(21)20-15(2)9-8-10-16(20)3/h12-13,15-17,20H,5-11,14H2,1-4H3. The van der Waals surface area contributed by atoms with Gasteiger partial charge in [0.15, 0.2) is 5.78 Å². The maximum Gasteiger partial charge on any atom is 0.158 e. The summed E-state index contributed by atoms with van der Waals surface area (Å²) >= 11 is 0. The molecule has 0 amide bonds. The van der Waals surface area contributed by atoms with E-state index in [2.05, 4.69) is 27.7 Å². The third-order valence-electron chi connectivity index (χ3n) is 6.65. The van der Waals surface area contributed by atoms with Crippen LogP contribution in [-0.2, 0) is 9.59 Å². The molecule has 0 spiro atoms. The summed E-state index contributed by atoms with van der Waals surface area (Å²) in [5.74, 6) is 2.40. The maximum atomic E-state index is 12.7. The van der Waals surface area contributed by atoms with E-state index >= 15 is 0 Å². The van der Waals surface area contributed by atoms with E-state index in [-0.39, 0.29) is 11.3 Å². The molecule has 4 unspecified atom stereocenters. The predicted octanol–water partition coefficient (Wildman–Crippen LogP) is 5.36. The minimum atomic E-state index is 0.123. The van der Waals surface area contributed by atoms with Crippen LogP contribution in [0, 0.1) is 29.1 Å². The molecule has 0 aromatic heterocycles. The van der Waals surface area contributed by atoms with Crippen molar-refractivity contribution < 1.29 is 9.59 Å². The number of aldehydes is 1. The molecule has 2 heteroatoms. The van der Waals surface area contributed by atoms with Crippen molar-refractivity contribution in [3.8, 4) is 0 Å². The summed E-state index contributed by atoms with van der Waals surface area (Å²) in [6.07, 6.45) is 11.3. The fourth-order valence-corrected chi connectivity index (χ4v) is 5.04. The van der Waals surface area contributed by atoms with Crippen LogP contribution in [-0.4, -0.2) is 12.1 Å². The van der Waals surface area contributed by atoms with E-state index in [0.717, 1.165) is 32.0 Å². The molecule has 1 saturated carbocycles. The van der Waals surface area contributed by atoms with E-state index in [4.69, 9.17) is 0 Å². The highest BCUT2D eigenvalue weighted by molar-refractivity contribution is 5.93. The van der Waals surface area contributed by atoms with E-state index < -0.39 is 0 Å². The smallest absolute Gasteiger partial charge is 0.158 e. The van der Waals surface area contributed by atoms with Crippen molar-refractivity contribution >= 4 is 12.1 Å². The molecular formula is C21H34O2. The van der Waals surface area contributed by atoms with Gasteiger partial charge in [-0.15, -0.1) is 0 Å². The summed E-state index contributed by atoms with van der Waals surface area (Å²) in [6, 6.07) is 0. The SMILES string of the molecule is CCC1(C)CC(CCCC=O)C(=O)C=C1C1C(C)CCCC1C. The molecule has 0 aromatic carbocycles. The van der Waals surface area contributed by atoms with Gasteiger partial charge in [-0.1, -0.05) is 52.5 Å². The number of allylic oxidation sites excluding steroid dienone is 2. The van der Waals surface area contributed by atoms with Crippen LogP contribution in [0.1, 0.15) is 79.1 Å². The van der Waals surface area contributed by atoms with Crippen LogP contribution < -0.4 is 0 Å². The van der Waals surface area contributed by atoms with Crippen molar-refractivity contribution in [2.75, 3.05) is 0 Å². The second kappa shape index (κ2) is 7.77. The lowest BCUT2D eigenvalue weighted by atomic mass is 9.58. The molecule has 0 aliphatic heterocycles. The monoisotopic (exact) mass is 318 g/mol. The first kappa shape index (κ1) is 18.4.